The fraction of sp³-hybridized carbons (Fsp3) is 0.429. The van der Waals surface area contributed by atoms with E-state index in [1.807, 2.05) is 31.3 Å². The molecule has 1 aromatic heterocycles. The van der Waals surface area contributed by atoms with Gasteiger partial charge in [-0.15, -0.1) is 10.2 Å². The highest BCUT2D eigenvalue weighted by Crippen LogP contribution is 2.17. The van der Waals surface area contributed by atoms with Gasteiger partial charge in [-0.05, 0) is 31.2 Å². The van der Waals surface area contributed by atoms with Crippen LogP contribution in [0.2, 0.25) is 0 Å². The highest BCUT2D eigenvalue weighted by molar-refractivity contribution is 5.28. The van der Waals surface area contributed by atoms with Gasteiger partial charge in [0.25, 0.3) is 0 Å². The molecule has 0 bridgehead atoms. The minimum atomic E-state index is 0.122. The molecule has 1 heterocycles. The van der Waals surface area contributed by atoms with Crippen LogP contribution in [0.4, 0.5) is 0 Å². The van der Waals surface area contributed by atoms with E-state index in [0.29, 0.717) is 18.2 Å². The largest absolute Gasteiger partial charge is 0.497 e. The predicted molar refractivity (Wildman–Crippen MR) is 72.2 cm³/mol. The third kappa shape index (κ3) is 3.32. The predicted octanol–water partition coefficient (Wildman–Crippen LogP) is 2.34. The SMILES string of the molecule is CCC(NC)c1nnc(Cc2ccc(OC)cc2)o1. The van der Waals surface area contributed by atoms with E-state index in [-0.39, 0.29) is 6.04 Å². The monoisotopic (exact) mass is 261 g/mol. The van der Waals surface area contributed by atoms with E-state index in [1.54, 1.807) is 7.11 Å². The first-order chi connectivity index (χ1) is 9.26. The second kappa shape index (κ2) is 6.33. The number of nitrogens with zero attached hydrogens (tertiary/aromatic N) is 2. The van der Waals surface area contributed by atoms with E-state index in [0.717, 1.165) is 17.7 Å². The van der Waals surface area contributed by atoms with Crippen molar-refractivity contribution in [3.05, 3.63) is 41.6 Å². The van der Waals surface area contributed by atoms with Crippen LogP contribution in [0.1, 0.15) is 36.7 Å². The first-order valence-electron chi connectivity index (χ1n) is 6.39. The van der Waals surface area contributed by atoms with Crippen LogP contribution < -0.4 is 10.1 Å². The number of nitrogens with one attached hydrogen (secondary N) is 1. The third-order valence-electron chi connectivity index (χ3n) is 3.05. The molecule has 5 heteroatoms. The van der Waals surface area contributed by atoms with Crippen LogP contribution in [0.25, 0.3) is 0 Å². The number of hydrogen-bond donors (Lipinski definition) is 1. The van der Waals surface area contributed by atoms with Gasteiger partial charge in [0, 0.05) is 0 Å². The Balaban J connectivity index is 2.06. The molecule has 19 heavy (non-hydrogen) atoms. The Morgan fingerprint density at radius 1 is 1.26 bits per heavy atom. The molecule has 1 aromatic carbocycles. The van der Waals surface area contributed by atoms with Gasteiger partial charge in [0.2, 0.25) is 11.8 Å². The summed E-state index contributed by atoms with van der Waals surface area (Å²) in [5.41, 5.74) is 1.12. The summed E-state index contributed by atoms with van der Waals surface area (Å²) in [4.78, 5) is 0. The Morgan fingerprint density at radius 2 is 2.00 bits per heavy atom. The van der Waals surface area contributed by atoms with Crippen LogP contribution >= 0.6 is 0 Å². The molecule has 2 aromatic rings. The van der Waals surface area contributed by atoms with Gasteiger partial charge in [0.05, 0.1) is 19.6 Å². The highest BCUT2D eigenvalue weighted by atomic mass is 16.5. The maximum atomic E-state index is 5.67. The lowest BCUT2D eigenvalue weighted by Gasteiger charge is -2.07. The Hall–Kier alpha value is -1.88. The van der Waals surface area contributed by atoms with Crippen molar-refractivity contribution in [3.63, 3.8) is 0 Å². The van der Waals surface area contributed by atoms with Crippen molar-refractivity contribution >= 4 is 0 Å². The zero-order chi connectivity index (χ0) is 13.7. The molecule has 5 nitrogen and oxygen atoms in total. The van der Waals surface area contributed by atoms with Gasteiger partial charge in [-0.2, -0.15) is 0 Å². The first kappa shape index (κ1) is 13.5. The summed E-state index contributed by atoms with van der Waals surface area (Å²) in [6.45, 7) is 2.08. The van der Waals surface area contributed by atoms with Crippen molar-refractivity contribution in [1.82, 2.24) is 15.5 Å². The summed E-state index contributed by atoms with van der Waals surface area (Å²) in [5.74, 6) is 2.12. The van der Waals surface area contributed by atoms with E-state index in [2.05, 4.69) is 22.4 Å². The molecule has 0 saturated carbocycles. The van der Waals surface area contributed by atoms with Crippen LogP contribution in [0.5, 0.6) is 5.75 Å². The standard InChI is InChI=1S/C14H19N3O2/c1-4-12(15-2)14-17-16-13(19-14)9-10-5-7-11(18-3)8-6-10/h5-8,12,15H,4,9H2,1-3H3. The zero-order valence-electron chi connectivity index (χ0n) is 11.5. The van der Waals surface area contributed by atoms with Gasteiger partial charge in [0.1, 0.15) is 5.75 Å². The molecule has 0 saturated heterocycles. The number of hydrogen-bond acceptors (Lipinski definition) is 5. The number of rotatable bonds is 6. The molecule has 1 N–H and O–H groups in total. The second-order valence-electron chi connectivity index (χ2n) is 4.31. The summed E-state index contributed by atoms with van der Waals surface area (Å²) >= 11 is 0. The molecule has 0 fully saturated rings. The molecule has 2 rings (SSSR count). The number of benzene rings is 1. The summed E-state index contributed by atoms with van der Waals surface area (Å²) in [5, 5.41) is 11.3. The molecular formula is C14H19N3O2. The second-order valence-corrected chi connectivity index (χ2v) is 4.31. The maximum Gasteiger partial charge on any atom is 0.233 e. The summed E-state index contributed by atoms with van der Waals surface area (Å²) in [6, 6.07) is 7.97. The normalized spacial score (nSPS) is 12.4. The molecule has 0 aliphatic heterocycles. The van der Waals surface area contributed by atoms with E-state index in [9.17, 15) is 0 Å². The minimum Gasteiger partial charge on any atom is -0.497 e. The topological polar surface area (TPSA) is 60.2 Å². The molecule has 102 valence electrons. The van der Waals surface area contributed by atoms with Gasteiger partial charge in [-0.1, -0.05) is 19.1 Å². The third-order valence-corrected chi connectivity index (χ3v) is 3.05. The maximum absolute atomic E-state index is 5.67. The zero-order valence-corrected chi connectivity index (χ0v) is 11.5. The average Bonchev–Trinajstić information content (AvgIpc) is 2.89. The molecular weight excluding hydrogens is 242 g/mol. The fourth-order valence-corrected chi connectivity index (χ4v) is 1.90. The molecule has 0 aliphatic carbocycles. The average molecular weight is 261 g/mol. The lowest BCUT2D eigenvalue weighted by molar-refractivity contribution is 0.390. The van der Waals surface area contributed by atoms with Crippen molar-refractivity contribution in [2.45, 2.75) is 25.8 Å². The summed E-state index contributed by atoms with van der Waals surface area (Å²) < 4.78 is 10.8. The van der Waals surface area contributed by atoms with Crippen LogP contribution in [0, 0.1) is 0 Å². The fourth-order valence-electron chi connectivity index (χ4n) is 1.90. The van der Waals surface area contributed by atoms with Gasteiger partial charge >= 0.3 is 0 Å². The van der Waals surface area contributed by atoms with E-state index < -0.39 is 0 Å². The van der Waals surface area contributed by atoms with Crippen molar-refractivity contribution in [3.8, 4) is 5.75 Å². The Bertz CT molecular complexity index is 504. The molecule has 0 amide bonds. The van der Waals surface area contributed by atoms with Crippen LogP contribution in [0.15, 0.2) is 28.7 Å². The Labute approximate surface area is 113 Å². The number of methoxy groups -OCH3 is 1. The van der Waals surface area contributed by atoms with Gasteiger partial charge in [0.15, 0.2) is 0 Å². The van der Waals surface area contributed by atoms with Crippen LogP contribution in [0.3, 0.4) is 0 Å². The van der Waals surface area contributed by atoms with Crippen LogP contribution in [-0.4, -0.2) is 24.4 Å². The Kier molecular flexibility index (Phi) is 4.52. The van der Waals surface area contributed by atoms with Crippen molar-refractivity contribution in [2.75, 3.05) is 14.2 Å². The molecule has 0 aliphatic rings. The lowest BCUT2D eigenvalue weighted by Crippen LogP contribution is -2.15. The lowest BCUT2D eigenvalue weighted by atomic mass is 10.1. The van der Waals surface area contributed by atoms with E-state index in [1.165, 1.54) is 0 Å². The summed E-state index contributed by atoms with van der Waals surface area (Å²) in [6.07, 6.45) is 1.55. The molecule has 1 atom stereocenters. The van der Waals surface area contributed by atoms with Crippen molar-refractivity contribution in [2.24, 2.45) is 0 Å². The highest BCUT2D eigenvalue weighted by Gasteiger charge is 2.14. The van der Waals surface area contributed by atoms with E-state index in [4.69, 9.17) is 9.15 Å². The minimum absolute atomic E-state index is 0.122. The smallest absolute Gasteiger partial charge is 0.233 e. The molecule has 0 spiro atoms. The van der Waals surface area contributed by atoms with Gasteiger partial charge in [-0.3, -0.25) is 0 Å². The summed E-state index contributed by atoms with van der Waals surface area (Å²) in [7, 11) is 3.55. The Morgan fingerprint density at radius 3 is 2.58 bits per heavy atom. The van der Waals surface area contributed by atoms with Gasteiger partial charge < -0.3 is 14.5 Å². The van der Waals surface area contributed by atoms with Crippen LogP contribution in [-0.2, 0) is 6.42 Å². The molecule has 0 radical (unpaired) electrons. The van der Waals surface area contributed by atoms with Gasteiger partial charge in [-0.25, -0.2) is 0 Å². The first-order valence-corrected chi connectivity index (χ1v) is 6.39. The number of aromatic nitrogens is 2. The van der Waals surface area contributed by atoms with Crippen molar-refractivity contribution in [1.29, 1.82) is 0 Å². The van der Waals surface area contributed by atoms with Crippen molar-refractivity contribution < 1.29 is 9.15 Å². The quantitative estimate of drug-likeness (QED) is 0.864. The van der Waals surface area contributed by atoms with E-state index >= 15 is 0 Å². The molecule has 1 unspecified atom stereocenters. The number of ether oxygens (including phenoxy) is 1.